The summed E-state index contributed by atoms with van der Waals surface area (Å²) in [5.41, 5.74) is 0.154. The molecule has 13 heavy (non-hydrogen) atoms. The third kappa shape index (κ3) is 2.55. The highest BCUT2D eigenvalue weighted by Gasteiger charge is 2.36. The second-order valence-electron chi connectivity index (χ2n) is 5.50. The Morgan fingerprint density at radius 2 is 1.69 bits per heavy atom. The van der Waals surface area contributed by atoms with Gasteiger partial charge in [-0.1, -0.05) is 33.6 Å². The Balaban J connectivity index is 2.72. The van der Waals surface area contributed by atoms with Crippen LogP contribution in [0.15, 0.2) is 0 Å². The van der Waals surface area contributed by atoms with Crippen LogP contribution in [-0.4, -0.2) is 5.78 Å². The van der Waals surface area contributed by atoms with Gasteiger partial charge < -0.3 is 0 Å². The van der Waals surface area contributed by atoms with E-state index in [4.69, 9.17) is 0 Å². The molecule has 76 valence electrons. The van der Waals surface area contributed by atoms with Gasteiger partial charge in [0.1, 0.15) is 5.78 Å². The van der Waals surface area contributed by atoms with Crippen molar-refractivity contribution in [2.24, 2.45) is 17.3 Å². The van der Waals surface area contributed by atoms with E-state index in [1.807, 2.05) is 0 Å². The molecule has 0 amide bonds. The molecule has 1 saturated carbocycles. The van der Waals surface area contributed by atoms with Crippen LogP contribution in [0.1, 0.15) is 53.4 Å². The molecule has 0 radical (unpaired) electrons. The zero-order valence-corrected chi connectivity index (χ0v) is 9.39. The van der Waals surface area contributed by atoms with Gasteiger partial charge in [-0.25, -0.2) is 0 Å². The lowest BCUT2D eigenvalue weighted by atomic mass is 9.70. The van der Waals surface area contributed by atoms with E-state index in [2.05, 4.69) is 20.8 Å². The molecule has 1 rings (SSSR count). The monoisotopic (exact) mass is 182 g/mol. The number of hydrogen-bond acceptors (Lipinski definition) is 1. The standard InChI is InChI=1S/C12H22O/c1-9(13)11(12(2,3)4)10-7-5-6-8-10/h10-11H,5-8H2,1-4H3. The van der Waals surface area contributed by atoms with E-state index in [0.29, 0.717) is 11.7 Å². The SMILES string of the molecule is CC(=O)C(C1CCCC1)C(C)(C)C. The van der Waals surface area contributed by atoms with Crippen molar-refractivity contribution in [2.75, 3.05) is 0 Å². The predicted molar refractivity (Wildman–Crippen MR) is 55.6 cm³/mol. The number of hydrogen-bond donors (Lipinski definition) is 0. The average Bonchev–Trinajstić information content (AvgIpc) is 2.34. The quantitative estimate of drug-likeness (QED) is 0.639. The fourth-order valence-electron chi connectivity index (χ4n) is 2.94. The average molecular weight is 182 g/mol. The smallest absolute Gasteiger partial charge is 0.133 e. The predicted octanol–water partition coefficient (Wildman–Crippen LogP) is 3.43. The summed E-state index contributed by atoms with van der Waals surface area (Å²) < 4.78 is 0. The van der Waals surface area contributed by atoms with E-state index in [-0.39, 0.29) is 11.3 Å². The maximum atomic E-state index is 11.6. The highest BCUT2D eigenvalue weighted by Crippen LogP contribution is 2.41. The Hall–Kier alpha value is -0.330. The number of carbonyl (C=O) groups excluding carboxylic acids is 1. The van der Waals surface area contributed by atoms with E-state index in [1.54, 1.807) is 6.92 Å². The van der Waals surface area contributed by atoms with Crippen molar-refractivity contribution in [1.29, 1.82) is 0 Å². The lowest BCUT2D eigenvalue weighted by molar-refractivity contribution is -0.126. The molecule has 1 aliphatic rings. The van der Waals surface area contributed by atoms with Crippen molar-refractivity contribution >= 4 is 5.78 Å². The summed E-state index contributed by atoms with van der Waals surface area (Å²) >= 11 is 0. The van der Waals surface area contributed by atoms with Crippen molar-refractivity contribution in [2.45, 2.75) is 53.4 Å². The first kappa shape index (κ1) is 10.7. The Morgan fingerprint density at radius 3 is 2.00 bits per heavy atom. The van der Waals surface area contributed by atoms with Crippen LogP contribution in [0.3, 0.4) is 0 Å². The lowest BCUT2D eigenvalue weighted by Gasteiger charge is -2.33. The molecule has 0 saturated heterocycles. The van der Waals surface area contributed by atoms with E-state index in [1.165, 1.54) is 25.7 Å². The Morgan fingerprint density at radius 1 is 1.23 bits per heavy atom. The zero-order chi connectivity index (χ0) is 10.1. The van der Waals surface area contributed by atoms with Crippen LogP contribution >= 0.6 is 0 Å². The fourth-order valence-corrected chi connectivity index (χ4v) is 2.94. The lowest BCUT2D eigenvalue weighted by Crippen LogP contribution is -2.32. The Labute approximate surface area is 81.9 Å². The van der Waals surface area contributed by atoms with Crippen molar-refractivity contribution in [3.8, 4) is 0 Å². The van der Waals surface area contributed by atoms with Crippen LogP contribution < -0.4 is 0 Å². The summed E-state index contributed by atoms with van der Waals surface area (Å²) in [5, 5.41) is 0. The van der Waals surface area contributed by atoms with Crippen molar-refractivity contribution < 1.29 is 4.79 Å². The van der Waals surface area contributed by atoms with Gasteiger partial charge >= 0.3 is 0 Å². The number of ketones is 1. The zero-order valence-electron chi connectivity index (χ0n) is 9.39. The highest BCUT2D eigenvalue weighted by molar-refractivity contribution is 5.79. The van der Waals surface area contributed by atoms with E-state index >= 15 is 0 Å². The van der Waals surface area contributed by atoms with Gasteiger partial charge in [-0.05, 0) is 31.1 Å². The molecule has 1 atom stereocenters. The van der Waals surface area contributed by atoms with E-state index in [0.717, 1.165) is 0 Å². The molecule has 1 heteroatoms. The minimum absolute atomic E-state index is 0.154. The first-order chi connectivity index (χ1) is 5.93. The maximum Gasteiger partial charge on any atom is 0.133 e. The summed E-state index contributed by atoms with van der Waals surface area (Å²) in [6.45, 7) is 8.33. The molecule has 0 aromatic carbocycles. The minimum atomic E-state index is 0.154. The van der Waals surface area contributed by atoms with Crippen LogP contribution in [-0.2, 0) is 4.79 Å². The van der Waals surface area contributed by atoms with Crippen LogP contribution in [0.4, 0.5) is 0 Å². The highest BCUT2D eigenvalue weighted by atomic mass is 16.1. The molecular formula is C12H22O. The van der Waals surface area contributed by atoms with Crippen LogP contribution in [0.2, 0.25) is 0 Å². The second-order valence-corrected chi connectivity index (χ2v) is 5.50. The fraction of sp³-hybridized carbons (Fsp3) is 0.917. The van der Waals surface area contributed by atoms with E-state index < -0.39 is 0 Å². The number of carbonyl (C=O) groups is 1. The second kappa shape index (κ2) is 3.81. The Kier molecular flexibility index (Phi) is 3.15. The molecule has 1 aliphatic carbocycles. The largest absolute Gasteiger partial charge is 0.300 e. The summed E-state index contributed by atoms with van der Waals surface area (Å²) in [4.78, 5) is 11.6. The first-order valence-corrected chi connectivity index (χ1v) is 5.43. The first-order valence-electron chi connectivity index (χ1n) is 5.43. The summed E-state index contributed by atoms with van der Waals surface area (Å²) in [5.74, 6) is 1.34. The van der Waals surface area contributed by atoms with Crippen molar-refractivity contribution in [3.05, 3.63) is 0 Å². The molecule has 1 fully saturated rings. The molecule has 1 unspecified atom stereocenters. The van der Waals surface area contributed by atoms with Gasteiger partial charge in [0.15, 0.2) is 0 Å². The topological polar surface area (TPSA) is 17.1 Å². The van der Waals surface area contributed by atoms with Crippen molar-refractivity contribution in [1.82, 2.24) is 0 Å². The van der Waals surface area contributed by atoms with Gasteiger partial charge in [0.05, 0.1) is 0 Å². The molecule has 0 aromatic rings. The molecule has 0 N–H and O–H groups in total. The molecule has 0 spiro atoms. The number of rotatable bonds is 2. The van der Waals surface area contributed by atoms with Crippen LogP contribution in [0.5, 0.6) is 0 Å². The van der Waals surface area contributed by atoms with Crippen LogP contribution in [0.25, 0.3) is 0 Å². The third-order valence-electron chi connectivity index (χ3n) is 3.24. The Bertz CT molecular complexity index is 182. The van der Waals surface area contributed by atoms with Crippen LogP contribution in [0, 0.1) is 17.3 Å². The van der Waals surface area contributed by atoms with Gasteiger partial charge in [-0.2, -0.15) is 0 Å². The molecule has 0 heterocycles. The van der Waals surface area contributed by atoms with Gasteiger partial charge in [0.2, 0.25) is 0 Å². The third-order valence-corrected chi connectivity index (χ3v) is 3.24. The molecule has 0 bridgehead atoms. The van der Waals surface area contributed by atoms with Gasteiger partial charge in [-0.3, -0.25) is 4.79 Å². The van der Waals surface area contributed by atoms with E-state index in [9.17, 15) is 4.79 Å². The summed E-state index contributed by atoms with van der Waals surface area (Å²) in [6.07, 6.45) is 5.18. The maximum absolute atomic E-state index is 11.6. The molecule has 1 nitrogen and oxygen atoms in total. The minimum Gasteiger partial charge on any atom is -0.300 e. The normalized spacial score (nSPS) is 21.8. The van der Waals surface area contributed by atoms with Gasteiger partial charge in [-0.15, -0.1) is 0 Å². The summed E-state index contributed by atoms with van der Waals surface area (Å²) in [6, 6.07) is 0. The molecule has 0 aliphatic heterocycles. The van der Waals surface area contributed by atoms with Gasteiger partial charge in [0.25, 0.3) is 0 Å². The molecular weight excluding hydrogens is 160 g/mol. The number of Topliss-reactive ketones (excluding diaryl/α,β-unsaturated/α-hetero) is 1. The summed E-state index contributed by atoms with van der Waals surface area (Å²) in [7, 11) is 0. The van der Waals surface area contributed by atoms with Gasteiger partial charge in [0, 0.05) is 5.92 Å². The molecule has 0 aromatic heterocycles. The van der Waals surface area contributed by atoms with Crippen molar-refractivity contribution in [3.63, 3.8) is 0 Å².